The summed E-state index contributed by atoms with van der Waals surface area (Å²) in [5.41, 5.74) is 0.785. The molecular weight excluding hydrogens is 288 g/mol. The van der Waals surface area contributed by atoms with Crippen molar-refractivity contribution >= 4 is 11.9 Å². The van der Waals surface area contributed by atoms with Gasteiger partial charge in [-0.15, -0.1) is 0 Å². The van der Waals surface area contributed by atoms with Gasteiger partial charge in [-0.2, -0.15) is 0 Å². The van der Waals surface area contributed by atoms with Gasteiger partial charge in [-0.25, -0.2) is 9.59 Å². The van der Waals surface area contributed by atoms with Crippen molar-refractivity contribution in [3.8, 4) is 0 Å². The fraction of sp³-hybridized carbons (Fsp3) is 0.500. The molecule has 1 heterocycles. The van der Waals surface area contributed by atoms with Crippen molar-refractivity contribution in [3.05, 3.63) is 35.4 Å². The summed E-state index contributed by atoms with van der Waals surface area (Å²) in [5, 5.41) is 15.2. The molecule has 2 N–H and O–H groups in total. The first-order chi connectivity index (χ1) is 10.7. The van der Waals surface area contributed by atoms with Gasteiger partial charge < -0.3 is 19.7 Å². The second-order valence-electron chi connectivity index (χ2n) is 4.71. The Hall–Kier alpha value is -1.92. The van der Waals surface area contributed by atoms with Crippen molar-refractivity contribution in [3.63, 3.8) is 0 Å². The molecule has 1 aliphatic rings. The number of cyclic esters (lactones) is 2. The molecule has 0 aliphatic carbocycles. The summed E-state index contributed by atoms with van der Waals surface area (Å²) in [4.78, 5) is 23.4. The number of hydrogen-bond donors (Lipinski definition) is 2. The number of carbonyl (C=O) groups excluding carboxylic acids is 2. The van der Waals surface area contributed by atoms with Gasteiger partial charge in [0.1, 0.15) is 0 Å². The lowest BCUT2D eigenvalue weighted by Crippen LogP contribution is -2.09. The average Bonchev–Trinajstić information content (AvgIpc) is 2.57. The fourth-order valence-corrected chi connectivity index (χ4v) is 1.83. The van der Waals surface area contributed by atoms with Crippen LogP contribution >= 0.6 is 0 Å². The van der Waals surface area contributed by atoms with Crippen LogP contribution in [0, 0.1) is 0 Å². The Bertz CT molecular complexity index is 432. The number of aliphatic hydroxyl groups is 2. The zero-order chi connectivity index (χ0) is 16.2. The largest absolute Gasteiger partial charge is 0.462 e. The topological polar surface area (TPSA) is 93.1 Å². The summed E-state index contributed by atoms with van der Waals surface area (Å²) >= 11 is 0. The summed E-state index contributed by atoms with van der Waals surface area (Å²) in [6.45, 7) is 0.607. The van der Waals surface area contributed by atoms with Gasteiger partial charge in [0.15, 0.2) is 0 Å². The van der Waals surface area contributed by atoms with E-state index in [4.69, 9.17) is 19.7 Å². The SMILES string of the molecule is O=C1OCCCCCCOC(=O)c2cccc1c2.OCCO. The second kappa shape index (κ2) is 10.8. The Morgan fingerprint density at radius 2 is 1.27 bits per heavy atom. The Kier molecular flexibility index (Phi) is 8.86. The molecule has 0 aromatic heterocycles. The number of carbonyl (C=O) groups is 2. The Balaban J connectivity index is 0.000000541. The number of aliphatic hydroxyl groups excluding tert-OH is 2. The summed E-state index contributed by atoms with van der Waals surface area (Å²) in [7, 11) is 0. The Morgan fingerprint density at radius 3 is 1.68 bits per heavy atom. The minimum absolute atomic E-state index is 0.125. The summed E-state index contributed by atoms with van der Waals surface area (Å²) < 4.78 is 10.3. The molecule has 0 saturated heterocycles. The van der Waals surface area contributed by atoms with Crippen LogP contribution in [0.2, 0.25) is 0 Å². The van der Waals surface area contributed by atoms with Crippen molar-refractivity contribution in [2.24, 2.45) is 0 Å². The summed E-state index contributed by atoms with van der Waals surface area (Å²) in [6.07, 6.45) is 3.64. The molecule has 122 valence electrons. The van der Waals surface area contributed by atoms with E-state index in [0.717, 1.165) is 25.7 Å². The smallest absolute Gasteiger partial charge is 0.338 e. The monoisotopic (exact) mass is 310 g/mol. The van der Waals surface area contributed by atoms with Crippen LogP contribution in [0.15, 0.2) is 24.3 Å². The minimum Gasteiger partial charge on any atom is -0.462 e. The average molecular weight is 310 g/mol. The molecule has 22 heavy (non-hydrogen) atoms. The van der Waals surface area contributed by atoms with Gasteiger partial charge in [-0.05, 0) is 43.9 Å². The molecule has 1 aromatic rings. The Labute approximate surface area is 129 Å². The molecule has 0 spiro atoms. The van der Waals surface area contributed by atoms with Crippen LogP contribution in [-0.2, 0) is 9.47 Å². The van der Waals surface area contributed by atoms with Gasteiger partial charge in [-0.3, -0.25) is 0 Å². The maximum Gasteiger partial charge on any atom is 0.338 e. The van der Waals surface area contributed by atoms with Gasteiger partial charge in [0.25, 0.3) is 0 Å². The maximum atomic E-state index is 11.7. The summed E-state index contributed by atoms with van der Waals surface area (Å²) in [6, 6.07) is 6.45. The van der Waals surface area contributed by atoms with E-state index >= 15 is 0 Å². The van der Waals surface area contributed by atoms with Gasteiger partial charge >= 0.3 is 11.9 Å². The first-order valence-corrected chi connectivity index (χ1v) is 7.35. The predicted octanol–water partition coefficient (Wildman–Crippen LogP) is 1.55. The van der Waals surface area contributed by atoms with Gasteiger partial charge in [-0.1, -0.05) is 6.07 Å². The first-order valence-electron chi connectivity index (χ1n) is 7.35. The van der Waals surface area contributed by atoms with Crippen LogP contribution in [-0.4, -0.2) is 48.6 Å². The second-order valence-corrected chi connectivity index (χ2v) is 4.71. The fourth-order valence-electron chi connectivity index (χ4n) is 1.83. The zero-order valence-electron chi connectivity index (χ0n) is 12.5. The molecule has 0 fully saturated rings. The lowest BCUT2D eigenvalue weighted by molar-refractivity contribution is 0.0484. The van der Waals surface area contributed by atoms with Crippen LogP contribution in [0.3, 0.4) is 0 Å². The molecule has 2 bridgehead atoms. The van der Waals surface area contributed by atoms with Crippen molar-refractivity contribution in [2.75, 3.05) is 26.4 Å². The third kappa shape index (κ3) is 6.69. The number of benzene rings is 1. The van der Waals surface area contributed by atoms with E-state index in [-0.39, 0.29) is 25.2 Å². The van der Waals surface area contributed by atoms with Crippen LogP contribution in [0.1, 0.15) is 46.4 Å². The third-order valence-electron chi connectivity index (χ3n) is 2.94. The lowest BCUT2D eigenvalue weighted by atomic mass is 10.1. The van der Waals surface area contributed by atoms with Crippen molar-refractivity contribution < 1.29 is 29.3 Å². The number of hydrogen-bond acceptors (Lipinski definition) is 6. The van der Waals surface area contributed by atoms with Gasteiger partial charge in [0.2, 0.25) is 0 Å². The highest BCUT2D eigenvalue weighted by Gasteiger charge is 2.13. The highest BCUT2D eigenvalue weighted by molar-refractivity contribution is 5.95. The van der Waals surface area contributed by atoms with Crippen LogP contribution in [0.25, 0.3) is 0 Å². The molecule has 2 rings (SSSR count). The van der Waals surface area contributed by atoms with Gasteiger partial charge in [0, 0.05) is 0 Å². The summed E-state index contributed by atoms with van der Waals surface area (Å²) in [5.74, 6) is -0.771. The van der Waals surface area contributed by atoms with E-state index in [1.54, 1.807) is 18.2 Å². The molecule has 0 atom stereocenters. The third-order valence-corrected chi connectivity index (χ3v) is 2.94. The number of fused-ring (bicyclic) bond motifs is 2. The van der Waals surface area contributed by atoms with Crippen molar-refractivity contribution in [1.82, 2.24) is 0 Å². The van der Waals surface area contributed by atoms with Gasteiger partial charge in [0.05, 0.1) is 37.6 Å². The van der Waals surface area contributed by atoms with E-state index in [2.05, 4.69) is 0 Å². The quantitative estimate of drug-likeness (QED) is 0.764. The minimum atomic E-state index is -0.385. The van der Waals surface area contributed by atoms with Crippen LogP contribution in [0.5, 0.6) is 0 Å². The van der Waals surface area contributed by atoms with E-state index in [9.17, 15) is 9.59 Å². The highest BCUT2D eigenvalue weighted by Crippen LogP contribution is 2.11. The maximum absolute atomic E-state index is 11.7. The number of ether oxygens (including phenoxy) is 2. The highest BCUT2D eigenvalue weighted by atomic mass is 16.5. The molecule has 0 unspecified atom stereocenters. The standard InChI is InChI=1S/C14H16O4.C2H6O2/c15-13-11-6-5-7-12(10-11)14(16)18-9-4-2-1-3-8-17-13;3-1-2-4/h5-7,10H,1-4,8-9H2;3-4H,1-2H2. The Morgan fingerprint density at radius 1 is 0.818 bits per heavy atom. The molecule has 0 amide bonds. The normalized spacial score (nSPS) is 15.9. The van der Waals surface area contributed by atoms with E-state index in [1.165, 1.54) is 6.07 Å². The van der Waals surface area contributed by atoms with E-state index in [1.807, 2.05) is 0 Å². The molecular formula is C16H22O6. The molecule has 1 aliphatic heterocycles. The van der Waals surface area contributed by atoms with Crippen LogP contribution in [0.4, 0.5) is 0 Å². The molecule has 1 aromatic carbocycles. The number of esters is 2. The number of rotatable bonds is 1. The molecule has 0 saturated carbocycles. The van der Waals surface area contributed by atoms with Crippen molar-refractivity contribution in [2.45, 2.75) is 25.7 Å². The van der Waals surface area contributed by atoms with Crippen LogP contribution < -0.4 is 0 Å². The van der Waals surface area contributed by atoms with Crippen molar-refractivity contribution in [1.29, 1.82) is 0 Å². The molecule has 6 heteroatoms. The first kappa shape index (κ1) is 18.1. The predicted molar refractivity (Wildman–Crippen MR) is 79.6 cm³/mol. The zero-order valence-corrected chi connectivity index (χ0v) is 12.5. The van der Waals surface area contributed by atoms with E-state index < -0.39 is 0 Å². The molecule has 6 nitrogen and oxygen atoms in total. The van der Waals surface area contributed by atoms with E-state index in [0.29, 0.717) is 24.3 Å². The lowest BCUT2D eigenvalue weighted by Gasteiger charge is -2.05. The molecule has 0 radical (unpaired) electrons.